The summed E-state index contributed by atoms with van der Waals surface area (Å²) < 4.78 is 11.2. The minimum Gasteiger partial charge on any atom is -0.484 e. The Morgan fingerprint density at radius 1 is 1.21 bits per heavy atom. The third-order valence-corrected chi connectivity index (χ3v) is 4.16. The Morgan fingerprint density at radius 2 is 2.00 bits per heavy atom. The molecule has 2 atom stereocenters. The number of hydrogen-bond donors (Lipinski definition) is 1. The first kappa shape index (κ1) is 18.7. The number of carbonyl (C=O) groups excluding carboxylic acids is 1. The van der Waals surface area contributed by atoms with E-state index in [0.29, 0.717) is 25.4 Å². The van der Waals surface area contributed by atoms with Crippen LogP contribution in [0.1, 0.15) is 51.0 Å². The highest BCUT2D eigenvalue weighted by atomic mass is 16.5. The van der Waals surface area contributed by atoms with Gasteiger partial charge in [-0.3, -0.25) is 4.79 Å². The molecule has 1 aliphatic rings. The Hall–Kier alpha value is -1.65. The van der Waals surface area contributed by atoms with Gasteiger partial charge >= 0.3 is 0 Å². The number of benzene rings is 1. The van der Waals surface area contributed by atoms with Crippen molar-refractivity contribution in [1.29, 1.82) is 0 Å². The smallest absolute Gasteiger partial charge is 0.202 e. The average Bonchev–Trinajstić information content (AvgIpc) is 2.97. The quantitative estimate of drug-likeness (QED) is 0.627. The maximum absolute atomic E-state index is 12.0. The van der Waals surface area contributed by atoms with Gasteiger partial charge in [-0.25, -0.2) is 0 Å². The van der Waals surface area contributed by atoms with E-state index in [-0.39, 0.29) is 5.78 Å². The molecule has 4 nitrogen and oxygen atoms in total. The van der Waals surface area contributed by atoms with Crippen molar-refractivity contribution in [1.82, 2.24) is 0 Å². The zero-order valence-corrected chi connectivity index (χ0v) is 14.4. The highest BCUT2D eigenvalue weighted by Gasteiger charge is 2.32. The van der Waals surface area contributed by atoms with Crippen LogP contribution in [-0.2, 0) is 20.9 Å². The van der Waals surface area contributed by atoms with Crippen molar-refractivity contribution in [3.05, 3.63) is 47.7 Å². The highest BCUT2D eigenvalue weighted by Crippen LogP contribution is 2.23. The normalized spacial score (nSPS) is 18.3. The summed E-state index contributed by atoms with van der Waals surface area (Å²) in [6.45, 7) is 3.07. The zero-order chi connectivity index (χ0) is 17.2. The molecule has 24 heavy (non-hydrogen) atoms. The molecule has 1 aliphatic heterocycles. The predicted molar refractivity (Wildman–Crippen MR) is 93.4 cm³/mol. The van der Waals surface area contributed by atoms with Crippen molar-refractivity contribution in [3.8, 4) is 0 Å². The lowest BCUT2D eigenvalue weighted by atomic mass is 10.1. The molecule has 1 aromatic carbocycles. The van der Waals surface area contributed by atoms with Gasteiger partial charge in [-0.1, -0.05) is 56.5 Å². The monoisotopic (exact) mass is 332 g/mol. The molecule has 0 unspecified atom stereocenters. The minimum atomic E-state index is -0.822. The molecule has 0 fully saturated rings. The average molecular weight is 332 g/mol. The lowest BCUT2D eigenvalue weighted by Crippen LogP contribution is -2.33. The van der Waals surface area contributed by atoms with Gasteiger partial charge in [0.1, 0.15) is 11.9 Å². The number of aliphatic hydroxyl groups excluding tert-OH is 1. The summed E-state index contributed by atoms with van der Waals surface area (Å²) in [5, 5.41) is 10.2. The summed E-state index contributed by atoms with van der Waals surface area (Å²) in [5.41, 5.74) is 1.09. The fourth-order valence-electron chi connectivity index (χ4n) is 2.74. The van der Waals surface area contributed by atoms with Gasteiger partial charge in [-0.05, 0) is 12.0 Å². The minimum absolute atomic E-state index is 0.129. The van der Waals surface area contributed by atoms with Gasteiger partial charge in [0.05, 0.1) is 6.61 Å². The summed E-state index contributed by atoms with van der Waals surface area (Å²) >= 11 is 0. The molecular formula is C20H28O4. The largest absolute Gasteiger partial charge is 0.484 e. The second kappa shape index (κ2) is 10.3. The predicted octanol–water partition coefficient (Wildman–Crippen LogP) is 3.78. The number of carbonyl (C=O) groups is 1. The van der Waals surface area contributed by atoms with E-state index in [9.17, 15) is 9.90 Å². The zero-order valence-electron chi connectivity index (χ0n) is 14.4. The molecule has 1 heterocycles. The Balaban J connectivity index is 1.64. The van der Waals surface area contributed by atoms with Crippen LogP contribution in [0.4, 0.5) is 0 Å². The van der Waals surface area contributed by atoms with Crippen LogP contribution in [0.2, 0.25) is 0 Å². The molecule has 132 valence electrons. The molecule has 0 aliphatic carbocycles. The molecule has 4 heteroatoms. The van der Waals surface area contributed by atoms with Gasteiger partial charge in [0.15, 0.2) is 6.10 Å². The molecular weight excluding hydrogens is 304 g/mol. The number of hydrogen-bond acceptors (Lipinski definition) is 4. The van der Waals surface area contributed by atoms with E-state index in [4.69, 9.17) is 9.47 Å². The van der Waals surface area contributed by atoms with Crippen molar-refractivity contribution >= 4 is 5.78 Å². The van der Waals surface area contributed by atoms with E-state index in [1.165, 1.54) is 12.8 Å². The molecule has 0 radical (unpaired) electrons. The summed E-state index contributed by atoms with van der Waals surface area (Å²) in [5.74, 6) is 0.585. The summed E-state index contributed by atoms with van der Waals surface area (Å²) in [6, 6.07) is 9.88. The van der Waals surface area contributed by atoms with Crippen molar-refractivity contribution in [2.75, 3.05) is 6.61 Å². The number of unbranched alkanes of at least 4 members (excludes halogenated alkanes) is 3. The number of allylic oxidation sites excluding steroid dienone is 1. The van der Waals surface area contributed by atoms with E-state index in [1.54, 1.807) is 6.08 Å². The lowest BCUT2D eigenvalue weighted by molar-refractivity contribution is -0.126. The van der Waals surface area contributed by atoms with E-state index in [0.717, 1.165) is 24.8 Å². The first-order valence-corrected chi connectivity index (χ1v) is 8.91. The van der Waals surface area contributed by atoms with Crippen LogP contribution < -0.4 is 0 Å². The molecule has 1 aromatic rings. The number of ketones is 1. The second-order valence-corrected chi connectivity index (χ2v) is 6.26. The molecule has 0 aromatic heterocycles. The van der Waals surface area contributed by atoms with Gasteiger partial charge in [0.25, 0.3) is 0 Å². The topological polar surface area (TPSA) is 55.8 Å². The van der Waals surface area contributed by atoms with E-state index in [1.807, 2.05) is 30.3 Å². The number of ether oxygens (including phenoxy) is 2. The van der Waals surface area contributed by atoms with Crippen LogP contribution in [0.25, 0.3) is 0 Å². The van der Waals surface area contributed by atoms with E-state index < -0.39 is 12.2 Å². The van der Waals surface area contributed by atoms with Gasteiger partial charge in [-0.2, -0.15) is 0 Å². The van der Waals surface area contributed by atoms with Crippen LogP contribution in [-0.4, -0.2) is 29.7 Å². The van der Waals surface area contributed by atoms with Gasteiger partial charge in [0.2, 0.25) is 5.78 Å². The summed E-state index contributed by atoms with van der Waals surface area (Å²) in [4.78, 5) is 12.0. The molecule has 0 saturated carbocycles. The lowest BCUT2D eigenvalue weighted by Gasteiger charge is -2.18. The van der Waals surface area contributed by atoms with Crippen LogP contribution >= 0.6 is 0 Å². The van der Waals surface area contributed by atoms with E-state index >= 15 is 0 Å². The first-order chi connectivity index (χ1) is 11.7. The van der Waals surface area contributed by atoms with Crippen LogP contribution in [0.3, 0.4) is 0 Å². The second-order valence-electron chi connectivity index (χ2n) is 6.26. The summed E-state index contributed by atoms with van der Waals surface area (Å²) in [6.07, 6.45) is 5.69. The van der Waals surface area contributed by atoms with Crippen molar-refractivity contribution in [3.63, 3.8) is 0 Å². The number of aliphatic hydroxyl groups is 1. The molecule has 2 rings (SSSR count). The highest BCUT2D eigenvalue weighted by molar-refractivity contribution is 5.96. The van der Waals surface area contributed by atoms with Crippen LogP contribution in [0.15, 0.2) is 42.2 Å². The van der Waals surface area contributed by atoms with Crippen molar-refractivity contribution in [2.24, 2.45) is 0 Å². The SMILES string of the molecule is CCCCCCC1=CC(=O)[C@H]([C@H](O)CCOCc2ccccc2)O1. The third-order valence-electron chi connectivity index (χ3n) is 4.16. The molecule has 1 N–H and O–H groups in total. The van der Waals surface area contributed by atoms with Crippen LogP contribution in [0.5, 0.6) is 0 Å². The van der Waals surface area contributed by atoms with Crippen molar-refractivity contribution < 1.29 is 19.4 Å². The van der Waals surface area contributed by atoms with Gasteiger partial charge in [0, 0.05) is 25.5 Å². The maximum Gasteiger partial charge on any atom is 0.202 e. The maximum atomic E-state index is 12.0. The van der Waals surface area contributed by atoms with Gasteiger partial charge < -0.3 is 14.6 Å². The van der Waals surface area contributed by atoms with Crippen LogP contribution in [0, 0.1) is 0 Å². The third kappa shape index (κ3) is 6.10. The first-order valence-electron chi connectivity index (χ1n) is 8.91. The molecule has 0 bridgehead atoms. The number of rotatable bonds is 11. The summed E-state index contributed by atoms with van der Waals surface area (Å²) in [7, 11) is 0. The fraction of sp³-hybridized carbons (Fsp3) is 0.550. The van der Waals surface area contributed by atoms with Crippen molar-refractivity contribution in [2.45, 2.75) is 64.3 Å². The van der Waals surface area contributed by atoms with E-state index in [2.05, 4.69) is 6.92 Å². The Morgan fingerprint density at radius 3 is 2.75 bits per heavy atom. The van der Waals surface area contributed by atoms with Gasteiger partial charge in [-0.15, -0.1) is 0 Å². The molecule has 0 spiro atoms. The Kier molecular flexibility index (Phi) is 7.99. The molecule has 0 amide bonds. The fourth-order valence-corrected chi connectivity index (χ4v) is 2.74. The Labute approximate surface area is 144 Å². The molecule has 0 saturated heterocycles. The Bertz CT molecular complexity index is 524. The standard InChI is InChI=1S/C20H28O4/c1-2-3-4-8-11-17-14-19(22)20(24-17)18(21)12-13-23-15-16-9-6-5-7-10-16/h5-7,9-10,14,18,20-21H,2-4,8,11-13,15H2,1H3/t18-,20+/m1/s1.